The van der Waals surface area contributed by atoms with Crippen molar-refractivity contribution in [3.05, 3.63) is 107 Å². The Morgan fingerprint density at radius 1 is 1.00 bits per heavy atom. The Bertz CT molecular complexity index is 1390. The smallest absolute Gasteiger partial charge is 0.295 e. The summed E-state index contributed by atoms with van der Waals surface area (Å²) in [4.78, 5) is 31.1. The summed E-state index contributed by atoms with van der Waals surface area (Å²) >= 11 is 0. The fourth-order valence-electron chi connectivity index (χ4n) is 4.58. The number of rotatable bonds is 6. The van der Waals surface area contributed by atoms with Gasteiger partial charge in [0.1, 0.15) is 11.5 Å². The fraction of sp³-hybridized carbons (Fsp3) is 0.143. The van der Waals surface area contributed by atoms with Crippen LogP contribution in [0.15, 0.2) is 90.6 Å². The van der Waals surface area contributed by atoms with Gasteiger partial charge in [0.15, 0.2) is 0 Å². The van der Waals surface area contributed by atoms with Crippen molar-refractivity contribution in [2.75, 3.05) is 13.7 Å². The van der Waals surface area contributed by atoms with E-state index in [0.717, 1.165) is 27.8 Å². The van der Waals surface area contributed by atoms with Crippen LogP contribution in [0.2, 0.25) is 0 Å². The highest BCUT2D eigenvalue weighted by Crippen LogP contribution is 2.39. The van der Waals surface area contributed by atoms with E-state index in [4.69, 9.17) is 4.74 Å². The van der Waals surface area contributed by atoms with Gasteiger partial charge in [-0.3, -0.25) is 9.59 Å². The molecule has 6 nitrogen and oxygen atoms in total. The topological polar surface area (TPSA) is 82.6 Å². The Balaban J connectivity index is 1.54. The predicted molar refractivity (Wildman–Crippen MR) is 130 cm³/mol. The predicted octanol–water partition coefficient (Wildman–Crippen LogP) is 4.84. The summed E-state index contributed by atoms with van der Waals surface area (Å²) in [5, 5.41) is 12.1. The van der Waals surface area contributed by atoms with E-state index in [1.807, 2.05) is 60.8 Å². The molecule has 0 aliphatic carbocycles. The Hall–Kier alpha value is -4.32. The SMILES string of the molecule is COc1ccc2[nH]cc(CCN3C(=O)C(=O)C(=C(O)c4ccccc4)[C@@H]3c3ccccc3)c2c1. The Labute approximate surface area is 197 Å². The monoisotopic (exact) mass is 452 g/mol. The van der Waals surface area contributed by atoms with Crippen molar-refractivity contribution in [2.24, 2.45) is 0 Å². The number of aliphatic hydroxyl groups excluding tert-OH is 1. The third kappa shape index (κ3) is 3.73. The van der Waals surface area contributed by atoms with Gasteiger partial charge in [0.2, 0.25) is 0 Å². The summed E-state index contributed by atoms with van der Waals surface area (Å²) in [6.45, 7) is 0.319. The Morgan fingerprint density at radius 2 is 1.71 bits per heavy atom. The minimum atomic E-state index is -0.671. The van der Waals surface area contributed by atoms with Crippen molar-refractivity contribution in [3.8, 4) is 5.75 Å². The van der Waals surface area contributed by atoms with Crippen molar-refractivity contribution in [1.82, 2.24) is 9.88 Å². The van der Waals surface area contributed by atoms with Crippen molar-refractivity contribution < 1.29 is 19.4 Å². The van der Waals surface area contributed by atoms with Gasteiger partial charge in [-0.15, -0.1) is 0 Å². The first-order valence-electron chi connectivity index (χ1n) is 11.1. The number of hydrogen-bond donors (Lipinski definition) is 2. The molecule has 1 aliphatic heterocycles. The summed E-state index contributed by atoms with van der Waals surface area (Å²) < 4.78 is 5.36. The number of methoxy groups -OCH3 is 1. The second kappa shape index (κ2) is 8.90. The van der Waals surface area contributed by atoms with E-state index in [0.29, 0.717) is 18.5 Å². The number of carbonyl (C=O) groups excluding carboxylic acids is 2. The number of nitrogens with zero attached hydrogens (tertiary/aromatic N) is 1. The number of amides is 1. The number of aromatic nitrogens is 1. The molecule has 0 bridgehead atoms. The number of benzene rings is 3. The van der Waals surface area contributed by atoms with Gasteiger partial charge in [0.05, 0.1) is 18.7 Å². The molecule has 2 N–H and O–H groups in total. The first-order chi connectivity index (χ1) is 16.6. The molecule has 6 heteroatoms. The normalized spacial score (nSPS) is 17.4. The maximum absolute atomic E-state index is 13.2. The molecular weight excluding hydrogens is 428 g/mol. The van der Waals surface area contributed by atoms with Gasteiger partial charge in [-0.2, -0.15) is 0 Å². The van der Waals surface area contributed by atoms with Crippen LogP contribution in [0.1, 0.15) is 22.7 Å². The van der Waals surface area contributed by atoms with Crippen LogP contribution in [0.5, 0.6) is 5.75 Å². The lowest BCUT2D eigenvalue weighted by atomic mass is 9.95. The molecule has 3 aromatic carbocycles. The fourth-order valence-corrected chi connectivity index (χ4v) is 4.58. The van der Waals surface area contributed by atoms with E-state index in [-0.39, 0.29) is 11.3 Å². The molecule has 170 valence electrons. The third-order valence-electron chi connectivity index (χ3n) is 6.30. The summed E-state index contributed by atoms with van der Waals surface area (Å²) in [6.07, 6.45) is 2.46. The maximum Gasteiger partial charge on any atom is 0.295 e. The molecule has 4 aromatic rings. The van der Waals surface area contributed by atoms with Gasteiger partial charge in [-0.05, 0) is 35.7 Å². The highest BCUT2D eigenvalue weighted by Gasteiger charge is 2.45. The number of fused-ring (bicyclic) bond motifs is 1. The largest absolute Gasteiger partial charge is 0.507 e. The van der Waals surface area contributed by atoms with Gasteiger partial charge in [-0.25, -0.2) is 0 Å². The van der Waals surface area contributed by atoms with Crippen molar-refractivity contribution in [2.45, 2.75) is 12.5 Å². The second-order valence-electron chi connectivity index (χ2n) is 8.24. The first-order valence-corrected chi connectivity index (χ1v) is 11.1. The zero-order valence-electron chi connectivity index (χ0n) is 18.7. The van der Waals surface area contributed by atoms with Crippen LogP contribution < -0.4 is 4.74 Å². The molecule has 0 spiro atoms. The van der Waals surface area contributed by atoms with Gasteiger partial charge < -0.3 is 19.7 Å². The minimum Gasteiger partial charge on any atom is -0.507 e. The van der Waals surface area contributed by atoms with E-state index in [1.54, 1.807) is 36.3 Å². The lowest BCUT2D eigenvalue weighted by Crippen LogP contribution is -2.31. The molecule has 1 fully saturated rings. The first kappa shape index (κ1) is 21.5. The zero-order valence-corrected chi connectivity index (χ0v) is 18.7. The number of ketones is 1. The summed E-state index contributed by atoms with van der Waals surface area (Å²) in [6, 6.07) is 23.3. The molecule has 1 amide bonds. The second-order valence-corrected chi connectivity index (χ2v) is 8.24. The molecule has 1 atom stereocenters. The number of hydrogen-bond acceptors (Lipinski definition) is 4. The number of aliphatic hydroxyl groups is 1. The lowest BCUT2D eigenvalue weighted by molar-refractivity contribution is -0.139. The highest BCUT2D eigenvalue weighted by molar-refractivity contribution is 6.46. The minimum absolute atomic E-state index is 0.114. The standard InChI is InChI=1S/C28H24N2O4/c1-34-21-12-13-23-22(16-21)20(17-29-23)14-15-30-25(18-8-4-2-5-9-18)24(27(32)28(30)33)26(31)19-10-6-3-7-11-19/h2-13,16-17,25,29,31H,14-15H2,1H3/t25-/m0/s1. The molecule has 0 unspecified atom stereocenters. The van der Waals surface area contributed by atoms with Crippen LogP contribution in [-0.4, -0.2) is 40.3 Å². The van der Waals surface area contributed by atoms with Gasteiger partial charge >= 0.3 is 0 Å². The molecule has 5 rings (SSSR count). The summed E-state index contributed by atoms with van der Waals surface area (Å²) in [5.41, 5.74) is 3.39. The van der Waals surface area contributed by atoms with Crippen molar-refractivity contribution in [1.29, 1.82) is 0 Å². The number of H-pyrrole nitrogens is 1. The van der Waals surface area contributed by atoms with Crippen molar-refractivity contribution >= 4 is 28.4 Å². The third-order valence-corrected chi connectivity index (χ3v) is 6.30. The average Bonchev–Trinajstić information content (AvgIpc) is 3.40. The lowest BCUT2D eigenvalue weighted by Gasteiger charge is -2.25. The van der Waals surface area contributed by atoms with E-state index in [2.05, 4.69) is 4.98 Å². The number of carbonyl (C=O) groups is 2. The number of likely N-dealkylation sites (tertiary alicyclic amines) is 1. The molecule has 2 heterocycles. The van der Waals surface area contributed by atoms with Crippen molar-refractivity contribution in [3.63, 3.8) is 0 Å². The molecule has 34 heavy (non-hydrogen) atoms. The van der Waals surface area contributed by atoms with Gasteiger partial charge in [0.25, 0.3) is 11.7 Å². The van der Waals surface area contributed by atoms with E-state index < -0.39 is 17.7 Å². The highest BCUT2D eigenvalue weighted by atomic mass is 16.5. The van der Waals surface area contributed by atoms with Crippen LogP contribution in [0, 0.1) is 0 Å². The number of Topliss-reactive ketones (excluding diaryl/α,β-unsaturated/α-hetero) is 1. The van der Waals surface area contributed by atoms with Crippen LogP contribution in [-0.2, 0) is 16.0 Å². The summed E-state index contributed by atoms with van der Waals surface area (Å²) in [5.74, 6) is -0.687. The molecule has 1 aromatic heterocycles. The Kier molecular flexibility index (Phi) is 5.64. The molecular formula is C28H24N2O4. The quantitative estimate of drug-likeness (QED) is 0.249. The Morgan fingerprint density at radius 3 is 2.41 bits per heavy atom. The van der Waals surface area contributed by atoms with E-state index in [1.165, 1.54) is 0 Å². The van der Waals surface area contributed by atoms with E-state index >= 15 is 0 Å². The van der Waals surface area contributed by atoms with E-state index in [9.17, 15) is 14.7 Å². The summed E-state index contributed by atoms with van der Waals surface area (Å²) in [7, 11) is 1.62. The number of nitrogens with one attached hydrogen (secondary N) is 1. The van der Waals surface area contributed by atoms with Crippen LogP contribution in [0.4, 0.5) is 0 Å². The van der Waals surface area contributed by atoms with Crippen LogP contribution >= 0.6 is 0 Å². The zero-order chi connectivity index (χ0) is 23.7. The molecule has 0 radical (unpaired) electrons. The van der Waals surface area contributed by atoms with Gasteiger partial charge in [0, 0.05) is 29.2 Å². The molecule has 0 saturated carbocycles. The number of aromatic amines is 1. The van der Waals surface area contributed by atoms with Crippen LogP contribution in [0.25, 0.3) is 16.7 Å². The van der Waals surface area contributed by atoms with Gasteiger partial charge in [-0.1, -0.05) is 60.7 Å². The number of ether oxygens (including phenoxy) is 1. The average molecular weight is 453 g/mol. The molecule has 1 aliphatic rings. The molecule has 1 saturated heterocycles. The van der Waals surface area contributed by atoms with Crippen LogP contribution in [0.3, 0.4) is 0 Å². The maximum atomic E-state index is 13.2.